The minimum absolute atomic E-state index is 0.315. The maximum Gasteiger partial charge on any atom is 0.244 e. The number of rotatable bonds is 4. The van der Waals surface area contributed by atoms with Gasteiger partial charge in [-0.1, -0.05) is 0 Å². The summed E-state index contributed by atoms with van der Waals surface area (Å²) < 4.78 is 29.3. The lowest BCUT2D eigenvalue weighted by molar-refractivity contribution is 0.376. The van der Waals surface area contributed by atoms with Crippen LogP contribution in [0.3, 0.4) is 0 Å². The Morgan fingerprint density at radius 3 is 2.53 bits per heavy atom. The average Bonchev–Trinajstić information content (AvgIpc) is 3.23. The Hall–Kier alpha value is -3.30. The average molecular weight is 467 g/mol. The van der Waals surface area contributed by atoms with Crippen LogP contribution < -0.4 is 15.1 Å². The Kier molecular flexibility index (Phi) is 5.30. The van der Waals surface area contributed by atoms with E-state index in [-0.39, 0.29) is 0 Å². The van der Waals surface area contributed by atoms with E-state index in [2.05, 4.69) is 26.5 Å². The van der Waals surface area contributed by atoms with Gasteiger partial charge in [-0.3, -0.25) is 0 Å². The van der Waals surface area contributed by atoms with Gasteiger partial charge in [-0.25, -0.2) is 13.5 Å². The molecule has 178 valence electrons. The van der Waals surface area contributed by atoms with Crippen molar-refractivity contribution in [2.75, 3.05) is 34.8 Å². The lowest BCUT2D eigenvalue weighted by atomic mass is 9.92. The van der Waals surface area contributed by atoms with Crippen molar-refractivity contribution < 1.29 is 8.78 Å². The van der Waals surface area contributed by atoms with E-state index < -0.39 is 11.6 Å². The Morgan fingerprint density at radius 2 is 1.76 bits per heavy atom. The van der Waals surface area contributed by atoms with Crippen molar-refractivity contribution in [3.63, 3.8) is 0 Å². The molecular formula is C24H28F2N8. The van der Waals surface area contributed by atoms with Crippen LogP contribution in [-0.2, 0) is 6.54 Å². The Morgan fingerprint density at radius 1 is 0.971 bits per heavy atom. The molecule has 2 bridgehead atoms. The van der Waals surface area contributed by atoms with Gasteiger partial charge in [-0.15, -0.1) is 5.10 Å². The minimum Gasteiger partial charge on any atom is -0.369 e. The first-order valence-electron chi connectivity index (χ1n) is 12.0. The highest BCUT2D eigenvalue weighted by atomic mass is 19.2. The normalized spacial score (nSPS) is 24.1. The fourth-order valence-corrected chi connectivity index (χ4v) is 5.72. The van der Waals surface area contributed by atoms with Crippen LogP contribution in [0.4, 0.5) is 32.1 Å². The Bertz CT molecular complexity index is 1180. The zero-order chi connectivity index (χ0) is 23.2. The maximum atomic E-state index is 13.9. The summed E-state index contributed by atoms with van der Waals surface area (Å²) in [5, 5.41) is 16.6. The van der Waals surface area contributed by atoms with E-state index in [1.165, 1.54) is 25.0 Å². The van der Waals surface area contributed by atoms with Crippen molar-refractivity contribution in [1.82, 2.24) is 25.0 Å². The smallest absolute Gasteiger partial charge is 0.244 e. The van der Waals surface area contributed by atoms with Gasteiger partial charge in [0.1, 0.15) is 0 Å². The molecule has 1 aliphatic carbocycles. The second-order valence-corrected chi connectivity index (χ2v) is 9.64. The quantitative estimate of drug-likeness (QED) is 0.625. The minimum atomic E-state index is -0.853. The monoisotopic (exact) mass is 466 g/mol. The summed E-state index contributed by atoms with van der Waals surface area (Å²) in [4.78, 5) is 9.17. The van der Waals surface area contributed by atoms with Crippen molar-refractivity contribution in [1.29, 1.82) is 0 Å². The Balaban J connectivity index is 1.22. The van der Waals surface area contributed by atoms with Crippen molar-refractivity contribution in [2.24, 2.45) is 11.8 Å². The number of nitrogens with zero attached hydrogens (tertiary/aromatic N) is 7. The highest BCUT2D eigenvalue weighted by Crippen LogP contribution is 2.40. The number of piperidine rings is 1. The fraction of sp³-hybridized carbons (Fsp3) is 0.500. The summed E-state index contributed by atoms with van der Waals surface area (Å²) in [6.45, 7) is 5.34. The highest BCUT2D eigenvalue weighted by molar-refractivity contribution is 5.59. The molecule has 1 aromatic carbocycles. The SMILES string of the molecule is Cc1cc(N2CC3CC[C@@H](C2)[C@@H]3Nc2nc3n(n2)CCCCN3c2ccc(F)c(F)c2)cnn1. The van der Waals surface area contributed by atoms with Gasteiger partial charge in [-0.05, 0) is 62.6 Å². The third-order valence-corrected chi connectivity index (χ3v) is 7.37. The molecule has 0 radical (unpaired) electrons. The number of anilines is 4. The van der Waals surface area contributed by atoms with Gasteiger partial charge in [0.2, 0.25) is 11.9 Å². The summed E-state index contributed by atoms with van der Waals surface area (Å²) in [6.07, 6.45) is 6.08. The van der Waals surface area contributed by atoms with Crippen molar-refractivity contribution in [3.05, 3.63) is 47.8 Å². The van der Waals surface area contributed by atoms with Crippen LogP contribution in [0.1, 0.15) is 31.4 Å². The number of aryl methyl sites for hydroxylation is 2. The van der Waals surface area contributed by atoms with Gasteiger partial charge in [0.15, 0.2) is 11.6 Å². The molecule has 4 heterocycles. The predicted molar refractivity (Wildman–Crippen MR) is 125 cm³/mol. The number of hydrogen-bond acceptors (Lipinski definition) is 7. The summed E-state index contributed by atoms with van der Waals surface area (Å²) >= 11 is 0. The predicted octanol–water partition coefficient (Wildman–Crippen LogP) is 3.91. The second-order valence-electron chi connectivity index (χ2n) is 9.64. The molecule has 2 fully saturated rings. The van der Waals surface area contributed by atoms with Crippen molar-refractivity contribution >= 4 is 23.3 Å². The van der Waals surface area contributed by atoms with E-state index in [9.17, 15) is 8.78 Å². The number of fused-ring (bicyclic) bond motifs is 3. The van der Waals surface area contributed by atoms with Crippen LogP contribution in [0, 0.1) is 30.4 Å². The zero-order valence-electron chi connectivity index (χ0n) is 19.2. The fourth-order valence-electron chi connectivity index (χ4n) is 5.72. The summed E-state index contributed by atoms with van der Waals surface area (Å²) in [7, 11) is 0. The summed E-state index contributed by atoms with van der Waals surface area (Å²) in [5.41, 5.74) is 2.66. The molecule has 3 atom stereocenters. The number of hydrogen-bond donors (Lipinski definition) is 1. The molecule has 6 rings (SSSR count). The van der Waals surface area contributed by atoms with Gasteiger partial charge in [0.05, 0.1) is 17.6 Å². The molecule has 0 amide bonds. The molecule has 2 aliphatic heterocycles. The molecule has 2 aromatic heterocycles. The first-order chi connectivity index (χ1) is 16.5. The summed E-state index contributed by atoms with van der Waals surface area (Å²) in [6, 6.07) is 6.41. The highest BCUT2D eigenvalue weighted by Gasteiger charge is 2.43. The van der Waals surface area contributed by atoms with Gasteiger partial charge in [-0.2, -0.15) is 15.2 Å². The molecule has 0 spiro atoms. The maximum absolute atomic E-state index is 13.9. The van der Waals surface area contributed by atoms with Gasteiger partial charge in [0, 0.05) is 44.0 Å². The molecule has 10 heteroatoms. The Labute approximate surface area is 197 Å². The number of aromatic nitrogens is 5. The third kappa shape index (κ3) is 3.84. The van der Waals surface area contributed by atoms with Crippen molar-refractivity contribution in [2.45, 2.75) is 45.2 Å². The molecule has 3 aliphatic rings. The first kappa shape index (κ1) is 21.2. The molecule has 8 nitrogen and oxygen atoms in total. The largest absolute Gasteiger partial charge is 0.369 e. The van der Waals surface area contributed by atoms with Crippen LogP contribution in [0.2, 0.25) is 0 Å². The van der Waals surface area contributed by atoms with Gasteiger partial charge in [0.25, 0.3) is 0 Å². The van der Waals surface area contributed by atoms with Crippen LogP contribution in [0.25, 0.3) is 0 Å². The number of halogens is 2. The van der Waals surface area contributed by atoms with Gasteiger partial charge >= 0.3 is 0 Å². The molecule has 34 heavy (non-hydrogen) atoms. The van der Waals surface area contributed by atoms with E-state index in [1.807, 2.05) is 22.7 Å². The van der Waals surface area contributed by atoms with Crippen LogP contribution in [-0.4, -0.2) is 50.6 Å². The molecule has 1 N–H and O–H groups in total. The van der Waals surface area contributed by atoms with Crippen LogP contribution in [0.15, 0.2) is 30.5 Å². The lowest BCUT2D eigenvalue weighted by Crippen LogP contribution is -2.48. The third-order valence-electron chi connectivity index (χ3n) is 7.37. The molecule has 3 aromatic rings. The van der Waals surface area contributed by atoms with E-state index in [1.54, 1.807) is 6.07 Å². The van der Waals surface area contributed by atoms with E-state index >= 15 is 0 Å². The molecular weight excluding hydrogens is 438 g/mol. The standard InChI is InChI=1S/C24H28F2N8/c1-15-10-19(12-27-30-15)32-13-16-4-5-17(14-32)22(16)28-23-29-24-33(8-2-3-9-34(24)31-23)18-6-7-20(25)21(26)11-18/h6-7,10-12,16-17,22H,2-5,8-9,13-14H2,1H3,(H,28,31)/t16-,17?,22-/m0/s1. The second kappa shape index (κ2) is 8.48. The number of nitrogens with one attached hydrogen (secondary N) is 1. The molecule has 1 saturated heterocycles. The lowest BCUT2D eigenvalue weighted by Gasteiger charge is -2.39. The first-order valence-corrected chi connectivity index (χ1v) is 12.0. The summed E-state index contributed by atoms with van der Waals surface area (Å²) in [5.74, 6) is 0.585. The molecule has 1 saturated carbocycles. The van der Waals surface area contributed by atoms with Gasteiger partial charge < -0.3 is 15.1 Å². The zero-order valence-corrected chi connectivity index (χ0v) is 19.2. The van der Waals surface area contributed by atoms with Crippen LogP contribution >= 0.6 is 0 Å². The van der Waals surface area contributed by atoms with Crippen molar-refractivity contribution in [3.8, 4) is 0 Å². The van der Waals surface area contributed by atoms with Crippen LogP contribution in [0.5, 0.6) is 0 Å². The van der Waals surface area contributed by atoms with E-state index in [0.29, 0.717) is 42.0 Å². The van der Waals surface area contributed by atoms with E-state index in [4.69, 9.17) is 10.1 Å². The van der Waals surface area contributed by atoms with E-state index in [0.717, 1.165) is 43.9 Å². The number of benzene rings is 1. The topological polar surface area (TPSA) is 75.0 Å². The molecule has 1 unspecified atom stereocenters.